The molecule has 1 aromatic heterocycles. The molecule has 1 aliphatic rings. The van der Waals surface area contributed by atoms with Gasteiger partial charge in [-0.05, 0) is 37.5 Å². The van der Waals surface area contributed by atoms with Crippen molar-refractivity contribution in [2.24, 2.45) is 7.05 Å². The zero-order valence-electron chi connectivity index (χ0n) is 12.3. The maximum atomic E-state index is 12.1. The summed E-state index contributed by atoms with van der Waals surface area (Å²) >= 11 is 0. The molecule has 0 spiro atoms. The molecule has 5 nitrogen and oxygen atoms in total. The number of aromatic nitrogens is 1. The smallest absolute Gasteiger partial charge is 0.262 e. The summed E-state index contributed by atoms with van der Waals surface area (Å²) < 4.78 is 1.75. The van der Waals surface area contributed by atoms with Gasteiger partial charge in [-0.3, -0.25) is 4.79 Å². The molecular formula is C16H18N4O. The van der Waals surface area contributed by atoms with Crippen molar-refractivity contribution in [2.75, 3.05) is 0 Å². The van der Waals surface area contributed by atoms with Gasteiger partial charge in [-0.2, -0.15) is 10.5 Å². The van der Waals surface area contributed by atoms with Crippen LogP contribution in [0, 0.1) is 29.6 Å². The van der Waals surface area contributed by atoms with Gasteiger partial charge >= 0.3 is 0 Å². The van der Waals surface area contributed by atoms with Crippen LogP contribution in [0.5, 0.6) is 0 Å². The highest BCUT2D eigenvalue weighted by molar-refractivity contribution is 6.02. The standard InChI is InChI=1S/C16H18N4O/c1-11-12(8-15(10-18)20(11)2)7-13(9-17)16(21)19-14-5-3-4-6-14/h7-8,14H,3-6H2,1-2H3,(H,19,21)/b13-7+. The molecule has 21 heavy (non-hydrogen) atoms. The number of rotatable bonds is 3. The van der Waals surface area contributed by atoms with E-state index in [1.807, 2.05) is 13.0 Å². The quantitative estimate of drug-likeness (QED) is 0.681. The zero-order chi connectivity index (χ0) is 15.4. The van der Waals surface area contributed by atoms with Gasteiger partial charge in [0, 0.05) is 18.8 Å². The molecule has 0 aromatic carbocycles. The summed E-state index contributed by atoms with van der Waals surface area (Å²) in [4.78, 5) is 12.1. The number of carbonyl (C=O) groups is 1. The molecule has 108 valence electrons. The van der Waals surface area contributed by atoms with Crippen LogP contribution >= 0.6 is 0 Å². The molecular weight excluding hydrogens is 264 g/mol. The fourth-order valence-electron chi connectivity index (χ4n) is 2.61. The van der Waals surface area contributed by atoms with Gasteiger partial charge in [-0.25, -0.2) is 0 Å². The van der Waals surface area contributed by atoms with E-state index in [0.29, 0.717) is 5.69 Å². The summed E-state index contributed by atoms with van der Waals surface area (Å²) in [6, 6.07) is 5.91. The first-order valence-corrected chi connectivity index (χ1v) is 7.06. The molecule has 1 heterocycles. The largest absolute Gasteiger partial charge is 0.349 e. The summed E-state index contributed by atoms with van der Waals surface area (Å²) in [5, 5.41) is 21.1. The Bertz CT molecular complexity index is 664. The van der Waals surface area contributed by atoms with Crippen LogP contribution in [0.3, 0.4) is 0 Å². The number of nitriles is 2. The third-order valence-corrected chi connectivity index (χ3v) is 4.04. The van der Waals surface area contributed by atoms with Gasteiger partial charge in [0.1, 0.15) is 23.4 Å². The van der Waals surface area contributed by atoms with Crippen LogP contribution in [-0.4, -0.2) is 16.5 Å². The van der Waals surface area contributed by atoms with Crippen molar-refractivity contribution in [3.8, 4) is 12.1 Å². The molecule has 0 aliphatic heterocycles. The van der Waals surface area contributed by atoms with Crippen LogP contribution in [-0.2, 0) is 11.8 Å². The Hall–Kier alpha value is -2.53. The monoisotopic (exact) mass is 282 g/mol. The minimum Gasteiger partial charge on any atom is -0.349 e. The summed E-state index contributed by atoms with van der Waals surface area (Å²) in [5.41, 5.74) is 2.17. The maximum absolute atomic E-state index is 12.1. The van der Waals surface area contributed by atoms with E-state index in [0.717, 1.165) is 36.9 Å². The normalized spacial score (nSPS) is 15.5. The Morgan fingerprint density at radius 3 is 2.62 bits per heavy atom. The molecule has 0 atom stereocenters. The van der Waals surface area contributed by atoms with Gasteiger partial charge in [0.25, 0.3) is 5.91 Å². The highest BCUT2D eigenvalue weighted by Crippen LogP contribution is 2.19. The lowest BCUT2D eigenvalue weighted by atomic mass is 10.1. The molecule has 0 saturated heterocycles. The van der Waals surface area contributed by atoms with E-state index in [1.165, 1.54) is 0 Å². The maximum Gasteiger partial charge on any atom is 0.262 e. The van der Waals surface area contributed by atoms with Crippen LogP contribution in [0.15, 0.2) is 11.6 Å². The van der Waals surface area contributed by atoms with E-state index in [2.05, 4.69) is 11.4 Å². The molecule has 2 rings (SSSR count). The van der Waals surface area contributed by atoms with Gasteiger partial charge < -0.3 is 9.88 Å². The minimum absolute atomic E-state index is 0.0834. The molecule has 0 unspecified atom stereocenters. The fourth-order valence-corrected chi connectivity index (χ4v) is 2.61. The van der Waals surface area contributed by atoms with Crippen molar-refractivity contribution in [1.82, 2.24) is 9.88 Å². The first kappa shape index (κ1) is 14.9. The molecule has 1 saturated carbocycles. The van der Waals surface area contributed by atoms with E-state index in [4.69, 9.17) is 5.26 Å². The van der Waals surface area contributed by atoms with Crippen molar-refractivity contribution in [2.45, 2.75) is 38.6 Å². The average Bonchev–Trinajstić information content (AvgIpc) is 3.07. The number of hydrogen-bond acceptors (Lipinski definition) is 3. The van der Waals surface area contributed by atoms with Crippen molar-refractivity contribution in [1.29, 1.82) is 10.5 Å². The number of nitrogens with zero attached hydrogens (tertiary/aromatic N) is 3. The minimum atomic E-state index is -0.328. The van der Waals surface area contributed by atoms with E-state index >= 15 is 0 Å². The average molecular weight is 282 g/mol. The molecule has 1 aromatic rings. The number of amides is 1. The van der Waals surface area contributed by atoms with Crippen LogP contribution in [0.4, 0.5) is 0 Å². The Kier molecular flexibility index (Phi) is 4.45. The number of hydrogen-bond donors (Lipinski definition) is 1. The Morgan fingerprint density at radius 1 is 1.43 bits per heavy atom. The summed E-state index contributed by atoms with van der Waals surface area (Å²) in [6.45, 7) is 1.86. The van der Waals surface area contributed by atoms with E-state index in [9.17, 15) is 10.1 Å². The second-order valence-electron chi connectivity index (χ2n) is 5.37. The fraction of sp³-hybridized carbons (Fsp3) is 0.438. The van der Waals surface area contributed by atoms with Crippen LogP contribution in [0.2, 0.25) is 0 Å². The van der Waals surface area contributed by atoms with Gasteiger partial charge in [-0.15, -0.1) is 0 Å². The highest BCUT2D eigenvalue weighted by atomic mass is 16.1. The lowest BCUT2D eigenvalue weighted by Gasteiger charge is -2.10. The van der Waals surface area contributed by atoms with Crippen molar-refractivity contribution in [3.05, 3.63) is 28.6 Å². The molecule has 5 heteroatoms. The molecule has 1 amide bonds. The van der Waals surface area contributed by atoms with Gasteiger partial charge in [0.15, 0.2) is 0 Å². The lowest BCUT2D eigenvalue weighted by Crippen LogP contribution is -2.33. The van der Waals surface area contributed by atoms with Gasteiger partial charge in [0.2, 0.25) is 0 Å². The third-order valence-electron chi connectivity index (χ3n) is 4.04. The SMILES string of the molecule is Cc1c(/C=C(\C#N)C(=O)NC2CCCC2)cc(C#N)n1C. The predicted molar refractivity (Wildman–Crippen MR) is 78.9 cm³/mol. The van der Waals surface area contributed by atoms with Crippen LogP contribution in [0.25, 0.3) is 6.08 Å². The number of nitrogens with one attached hydrogen (secondary N) is 1. The summed E-state index contributed by atoms with van der Waals surface area (Å²) in [6.07, 6.45) is 5.76. The van der Waals surface area contributed by atoms with E-state index in [1.54, 1.807) is 23.8 Å². The van der Waals surface area contributed by atoms with Crippen LogP contribution < -0.4 is 5.32 Å². The first-order chi connectivity index (χ1) is 10.1. The molecule has 1 fully saturated rings. The van der Waals surface area contributed by atoms with Crippen molar-refractivity contribution in [3.63, 3.8) is 0 Å². The topological polar surface area (TPSA) is 81.6 Å². The molecule has 1 N–H and O–H groups in total. The Balaban J connectivity index is 2.22. The zero-order valence-corrected chi connectivity index (χ0v) is 12.3. The molecule has 0 radical (unpaired) electrons. The lowest BCUT2D eigenvalue weighted by molar-refractivity contribution is -0.117. The second kappa shape index (κ2) is 6.28. The number of carbonyl (C=O) groups excluding carboxylic acids is 1. The Labute approximate surface area is 124 Å². The predicted octanol–water partition coefficient (Wildman–Crippen LogP) is 2.17. The van der Waals surface area contributed by atoms with Crippen molar-refractivity contribution >= 4 is 12.0 Å². The molecule has 0 bridgehead atoms. The van der Waals surface area contributed by atoms with Gasteiger partial charge in [-0.1, -0.05) is 12.8 Å². The van der Waals surface area contributed by atoms with E-state index in [-0.39, 0.29) is 17.5 Å². The van der Waals surface area contributed by atoms with E-state index < -0.39 is 0 Å². The van der Waals surface area contributed by atoms with Crippen molar-refractivity contribution < 1.29 is 4.79 Å². The third kappa shape index (κ3) is 3.14. The Morgan fingerprint density at radius 2 is 2.10 bits per heavy atom. The highest BCUT2D eigenvalue weighted by Gasteiger charge is 2.19. The molecule has 1 aliphatic carbocycles. The summed E-state index contributed by atoms with van der Waals surface area (Å²) in [5.74, 6) is -0.328. The summed E-state index contributed by atoms with van der Waals surface area (Å²) in [7, 11) is 1.79. The first-order valence-electron chi connectivity index (χ1n) is 7.06. The van der Waals surface area contributed by atoms with Gasteiger partial charge in [0.05, 0.1) is 0 Å². The van der Waals surface area contributed by atoms with Crippen LogP contribution in [0.1, 0.15) is 42.6 Å². The second-order valence-corrected chi connectivity index (χ2v) is 5.37.